The number of carbonyl (C=O) groups excluding carboxylic acids is 1. The Morgan fingerprint density at radius 1 is 1.26 bits per heavy atom. The van der Waals surface area contributed by atoms with Crippen molar-refractivity contribution in [1.82, 2.24) is 14.1 Å². The van der Waals surface area contributed by atoms with Gasteiger partial charge in [0, 0.05) is 18.3 Å². The van der Waals surface area contributed by atoms with Crippen molar-refractivity contribution in [2.75, 3.05) is 0 Å². The van der Waals surface area contributed by atoms with Crippen molar-refractivity contribution in [3.63, 3.8) is 0 Å². The molecule has 142 valence electrons. The molecule has 3 aromatic rings. The van der Waals surface area contributed by atoms with Crippen LogP contribution in [0.2, 0.25) is 0 Å². The predicted molar refractivity (Wildman–Crippen MR) is 103 cm³/mol. The van der Waals surface area contributed by atoms with E-state index in [2.05, 4.69) is 4.98 Å². The third kappa shape index (κ3) is 3.49. The molecular formula is C20H23FN4O2. The third-order valence-electron chi connectivity index (χ3n) is 4.75. The van der Waals surface area contributed by atoms with Crippen LogP contribution in [0.5, 0.6) is 0 Å². The SMILES string of the molecule is CCCCC(C(N)=O)n1c(=O)n(CC)c2cc(-c3cccc(F)c3)cnc21. The lowest BCUT2D eigenvalue weighted by atomic mass is 10.1. The van der Waals surface area contributed by atoms with Crippen molar-refractivity contribution in [3.8, 4) is 11.1 Å². The summed E-state index contributed by atoms with van der Waals surface area (Å²) in [5, 5.41) is 0. The first-order chi connectivity index (χ1) is 13.0. The van der Waals surface area contributed by atoms with E-state index >= 15 is 0 Å². The van der Waals surface area contributed by atoms with Crippen molar-refractivity contribution in [1.29, 1.82) is 0 Å². The zero-order chi connectivity index (χ0) is 19.6. The molecule has 0 aliphatic carbocycles. The van der Waals surface area contributed by atoms with Crippen molar-refractivity contribution < 1.29 is 9.18 Å². The molecule has 0 aliphatic rings. The fraction of sp³-hybridized carbons (Fsp3) is 0.350. The van der Waals surface area contributed by atoms with Crippen LogP contribution >= 0.6 is 0 Å². The number of rotatable bonds is 7. The van der Waals surface area contributed by atoms with Gasteiger partial charge >= 0.3 is 5.69 Å². The van der Waals surface area contributed by atoms with Gasteiger partial charge in [-0.1, -0.05) is 31.9 Å². The minimum Gasteiger partial charge on any atom is -0.368 e. The lowest BCUT2D eigenvalue weighted by Crippen LogP contribution is -2.34. The summed E-state index contributed by atoms with van der Waals surface area (Å²) >= 11 is 0. The zero-order valence-corrected chi connectivity index (χ0v) is 15.5. The van der Waals surface area contributed by atoms with Crippen LogP contribution in [0.15, 0.2) is 41.3 Å². The lowest BCUT2D eigenvalue weighted by molar-refractivity contribution is -0.121. The molecule has 1 atom stereocenters. The minimum absolute atomic E-state index is 0.309. The van der Waals surface area contributed by atoms with Crippen LogP contribution in [0.1, 0.15) is 39.2 Å². The number of unbranched alkanes of at least 4 members (excludes halogenated alkanes) is 1. The van der Waals surface area contributed by atoms with E-state index in [1.165, 1.54) is 16.7 Å². The number of carbonyl (C=O) groups is 1. The number of nitrogens with two attached hydrogens (primary N) is 1. The third-order valence-corrected chi connectivity index (χ3v) is 4.75. The maximum atomic E-state index is 13.6. The Morgan fingerprint density at radius 3 is 2.67 bits per heavy atom. The Labute approximate surface area is 156 Å². The van der Waals surface area contributed by atoms with Crippen LogP contribution in [-0.4, -0.2) is 20.0 Å². The molecule has 0 saturated carbocycles. The Balaban J connectivity index is 2.21. The first kappa shape index (κ1) is 18.8. The number of aryl methyl sites for hydroxylation is 1. The molecule has 1 aromatic carbocycles. The Bertz CT molecular complexity index is 1040. The molecule has 3 rings (SSSR count). The van der Waals surface area contributed by atoms with Crippen LogP contribution in [0.25, 0.3) is 22.3 Å². The lowest BCUT2D eigenvalue weighted by Gasteiger charge is -2.14. The van der Waals surface area contributed by atoms with E-state index in [4.69, 9.17) is 5.73 Å². The molecule has 0 fully saturated rings. The second-order valence-electron chi connectivity index (χ2n) is 6.53. The molecule has 27 heavy (non-hydrogen) atoms. The highest BCUT2D eigenvalue weighted by molar-refractivity contribution is 5.83. The Hall–Kier alpha value is -2.96. The quantitative estimate of drug-likeness (QED) is 0.693. The smallest absolute Gasteiger partial charge is 0.331 e. The van der Waals surface area contributed by atoms with Crippen molar-refractivity contribution in [2.45, 2.75) is 45.7 Å². The monoisotopic (exact) mass is 370 g/mol. The fourth-order valence-corrected chi connectivity index (χ4v) is 3.36. The number of primary amides is 1. The number of imidazole rings is 1. The average Bonchev–Trinajstić information content (AvgIpc) is 2.92. The Morgan fingerprint density at radius 2 is 2.04 bits per heavy atom. The molecule has 6 nitrogen and oxygen atoms in total. The summed E-state index contributed by atoms with van der Waals surface area (Å²) in [7, 11) is 0. The number of pyridine rings is 1. The van der Waals surface area contributed by atoms with Gasteiger partial charge in [-0.15, -0.1) is 0 Å². The highest BCUT2D eigenvalue weighted by atomic mass is 19.1. The summed E-state index contributed by atoms with van der Waals surface area (Å²) in [6.07, 6.45) is 3.75. The topological polar surface area (TPSA) is 82.9 Å². The number of amides is 1. The number of fused-ring (bicyclic) bond motifs is 1. The van der Waals surface area contributed by atoms with Crippen molar-refractivity contribution in [2.24, 2.45) is 5.73 Å². The molecule has 0 spiro atoms. The average molecular weight is 370 g/mol. The van der Waals surface area contributed by atoms with Crippen molar-refractivity contribution >= 4 is 17.1 Å². The van der Waals surface area contributed by atoms with E-state index in [0.717, 1.165) is 12.8 Å². The number of halogens is 1. The van der Waals surface area contributed by atoms with Crippen molar-refractivity contribution in [3.05, 3.63) is 52.8 Å². The minimum atomic E-state index is -0.736. The van der Waals surface area contributed by atoms with Crippen LogP contribution in [-0.2, 0) is 11.3 Å². The molecular weight excluding hydrogens is 347 g/mol. The molecule has 0 bridgehead atoms. The standard InChI is InChI=1S/C20H23FN4O2/c1-3-5-9-16(18(22)26)25-19-17(24(4-2)20(25)27)11-14(12-23-19)13-7-6-8-15(21)10-13/h6-8,10-12,16H,3-5,9H2,1-2H3,(H2,22,26). The van der Waals surface area contributed by atoms with E-state index in [9.17, 15) is 14.0 Å². The van der Waals surface area contributed by atoms with Gasteiger partial charge in [0.05, 0.1) is 5.52 Å². The van der Waals surface area contributed by atoms with Gasteiger partial charge in [-0.2, -0.15) is 0 Å². The van der Waals surface area contributed by atoms with Crippen LogP contribution in [0, 0.1) is 5.82 Å². The van der Waals surface area contributed by atoms with Crippen LogP contribution < -0.4 is 11.4 Å². The maximum absolute atomic E-state index is 13.6. The molecule has 2 aromatic heterocycles. The van der Waals surface area contributed by atoms with E-state index in [0.29, 0.717) is 35.3 Å². The van der Waals surface area contributed by atoms with Crippen LogP contribution in [0.3, 0.4) is 0 Å². The highest BCUT2D eigenvalue weighted by Crippen LogP contribution is 2.25. The number of benzene rings is 1. The summed E-state index contributed by atoms with van der Waals surface area (Å²) in [6, 6.07) is 7.27. The van der Waals surface area contributed by atoms with Gasteiger partial charge in [-0.05, 0) is 37.1 Å². The number of hydrogen-bond donors (Lipinski definition) is 1. The van der Waals surface area contributed by atoms with E-state index in [1.807, 2.05) is 13.8 Å². The zero-order valence-electron chi connectivity index (χ0n) is 15.5. The molecule has 0 aliphatic heterocycles. The van der Waals surface area contributed by atoms with Gasteiger partial charge in [-0.25, -0.2) is 14.2 Å². The van der Waals surface area contributed by atoms with Gasteiger partial charge in [0.2, 0.25) is 5.91 Å². The summed E-state index contributed by atoms with van der Waals surface area (Å²) < 4.78 is 16.5. The molecule has 0 saturated heterocycles. The molecule has 0 radical (unpaired) electrons. The normalized spacial score (nSPS) is 12.4. The van der Waals surface area contributed by atoms with E-state index in [-0.39, 0.29) is 11.5 Å². The van der Waals surface area contributed by atoms with Gasteiger partial charge in [0.25, 0.3) is 0 Å². The highest BCUT2D eigenvalue weighted by Gasteiger charge is 2.25. The largest absolute Gasteiger partial charge is 0.368 e. The predicted octanol–water partition coefficient (Wildman–Crippen LogP) is 3.24. The van der Waals surface area contributed by atoms with Gasteiger partial charge in [-0.3, -0.25) is 13.9 Å². The number of aromatic nitrogens is 3. The molecule has 7 heteroatoms. The second-order valence-corrected chi connectivity index (χ2v) is 6.53. The summed E-state index contributed by atoms with van der Waals surface area (Å²) in [6.45, 7) is 4.29. The van der Waals surface area contributed by atoms with Crippen LogP contribution in [0.4, 0.5) is 4.39 Å². The van der Waals surface area contributed by atoms with Gasteiger partial charge in [0.1, 0.15) is 11.9 Å². The number of hydrogen-bond acceptors (Lipinski definition) is 3. The molecule has 1 unspecified atom stereocenters. The number of nitrogens with zero attached hydrogens (tertiary/aromatic N) is 3. The maximum Gasteiger partial charge on any atom is 0.331 e. The first-order valence-corrected chi connectivity index (χ1v) is 9.14. The molecule has 2 heterocycles. The molecule has 1 amide bonds. The first-order valence-electron chi connectivity index (χ1n) is 9.14. The van der Waals surface area contributed by atoms with Gasteiger partial charge in [0.15, 0.2) is 5.65 Å². The second kappa shape index (κ2) is 7.73. The summed E-state index contributed by atoms with van der Waals surface area (Å²) in [4.78, 5) is 29.4. The molecule has 2 N–H and O–H groups in total. The summed E-state index contributed by atoms with van der Waals surface area (Å²) in [5.74, 6) is -0.886. The fourth-order valence-electron chi connectivity index (χ4n) is 3.36. The van der Waals surface area contributed by atoms with E-state index < -0.39 is 11.9 Å². The van der Waals surface area contributed by atoms with Gasteiger partial charge < -0.3 is 5.73 Å². The van der Waals surface area contributed by atoms with E-state index in [1.54, 1.807) is 29.0 Å². The summed E-state index contributed by atoms with van der Waals surface area (Å²) in [5.41, 5.74) is 7.66. The Kier molecular flexibility index (Phi) is 5.39.